The summed E-state index contributed by atoms with van der Waals surface area (Å²) in [5, 5.41) is 15.9. The summed E-state index contributed by atoms with van der Waals surface area (Å²) in [7, 11) is -3.99. The number of likely N-dealkylation sites (tertiary alicyclic amines) is 1. The lowest BCUT2D eigenvalue weighted by Crippen LogP contribution is -2.50. The highest BCUT2D eigenvalue weighted by molar-refractivity contribution is 7.89. The van der Waals surface area contributed by atoms with Crippen molar-refractivity contribution < 1.29 is 17.9 Å². The second-order valence-electron chi connectivity index (χ2n) is 9.46. The van der Waals surface area contributed by atoms with E-state index in [2.05, 4.69) is 15.5 Å². The van der Waals surface area contributed by atoms with Gasteiger partial charge < -0.3 is 20.3 Å². The van der Waals surface area contributed by atoms with Gasteiger partial charge in [0.1, 0.15) is 16.4 Å². The zero-order valence-electron chi connectivity index (χ0n) is 21.0. The average Bonchev–Trinajstić information content (AvgIpc) is 2.89. The Kier molecular flexibility index (Phi) is 9.74. The fourth-order valence-corrected chi connectivity index (χ4v) is 6.82. The van der Waals surface area contributed by atoms with E-state index in [0.29, 0.717) is 29.4 Å². The minimum atomic E-state index is -3.99. The van der Waals surface area contributed by atoms with Gasteiger partial charge in [-0.05, 0) is 75.2 Å². The number of nitrogens with zero attached hydrogens (tertiary/aromatic N) is 3. The van der Waals surface area contributed by atoms with E-state index in [9.17, 15) is 18.5 Å². The molecule has 0 bridgehead atoms. The Morgan fingerprint density at radius 3 is 2.37 bits per heavy atom. The number of sulfonamides is 1. The van der Waals surface area contributed by atoms with Crippen LogP contribution in [0.3, 0.4) is 0 Å². The molecule has 0 unspecified atom stereocenters. The number of amides is 2. The molecule has 2 aromatic rings. The molecule has 2 saturated heterocycles. The second kappa shape index (κ2) is 13.0. The number of carbonyl (C=O) groups excluding carboxylic acids is 1. The number of nitriles is 1. The van der Waals surface area contributed by atoms with Crippen LogP contribution in [0.25, 0.3) is 0 Å². The molecule has 0 aliphatic carbocycles. The number of hydrogen-bond donors (Lipinski definition) is 2. The lowest BCUT2D eigenvalue weighted by molar-refractivity contribution is 0.214. The van der Waals surface area contributed by atoms with E-state index in [1.807, 2.05) is 6.07 Å². The van der Waals surface area contributed by atoms with E-state index in [1.54, 1.807) is 6.07 Å². The number of benzene rings is 2. The van der Waals surface area contributed by atoms with Crippen LogP contribution in [0.15, 0.2) is 41.3 Å². The highest BCUT2D eigenvalue weighted by Gasteiger charge is 2.32. The lowest BCUT2D eigenvalue weighted by atomic mass is 10.1. The van der Waals surface area contributed by atoms with Crippen molar-refractivity contribution in [3.05, 3.63) is 52.0 Å². The third kappa shape index (κ3) is 7.52. The Labute approximate surface area is 233 Å². The van der Waals surface area contributed by atoms with E-state index in [0.717, 1.165) is 19.6 Å². The Balaban J connectivity index is 1.36. The van der Waals surface area contributed by atoms with Crippen molar-refractivity contribution in [1.29, 1.82) is 5.26 Å². The van der Waals surface area contributed by atoms with E-state index in [4.69, 9.17) is 27.9 Å². The molecule has 0 aromatic heterocycles. The van der Waals surface area contributed by atoms with Gasteiger partial charge in [0.2, 0.25) is 10.0 Å². The molecule has 0 radical (unpaired) electrons. The maximum atomic E-state index is 13.6. The Bertz CT molecular complexity index is 1270. The van der Waals surface area contributed by atoms with Gasteiger partial charge in [-0.15, -0.1) is 0 Å². The summed E-state index contributed by atoms with van der Waals surface area (Å²) in [6.07, 6.45) is 4.62. The molecule has 2 aromatic carbocycles. The first-order valence-electron chi connectivity index (χ1n) is 12.7. The number of hydrogen-bond acceptors (Lipinski definition) is 6. The topological polar surface area (TPSA) is 115 Å². The minimum absolute atomic E-state index is 0.0654. The van der Waals surface area contributed by atoms with Crippen molar-refractivity contribution >= 4 is 39.3 Å². The minimum Gasteiger partial charge on any atom is -0.456 e. The molecule has 9 nitrogen and oxygen atoms in total. The van der Waals surface area contributed by atoms with Crippen LogP contribution in [0.4, 0.5) is 4.79 Å². The maximum absolute atomic E-state index is 13.6. The van der Waals surface area contributed by atoms with Gasteiger partial charge in [-0.1, -0.05) is 29.6 Å². The van der Waals surface area contributed by atoms with Crippen LogP contribution in [0, 0.1) is 11.3 Å². The average molecular weight is 581 g/mol. The first kappa shape index (κ1) is 28.5. The van der Waals surface area contributed by atoms with Gasteiger partial charge in [0.25, 0.3) is 0 Å². The summed E-state index contributed by atoms with van der Waals surface area (Å²) in [6.45, 7) is 4.01. The quantitative estimate of drug-likeness (QED) is 0.472. The highest BCUT2D eigenvalue weighted by atomic mass is 35.5. The number of piperidine rings is 2. The molecule has 12 heteroatoms. The van der Waals surface area contributed by atoms with Crippen LogP contribution in [0.2, 0.25) is 10.0 Å². The normalized spacial score (nSPS) is 17.5. The number of rotatable bonds is 8. The summed E-state index contributed by atoms with van der Waals surface area (Å²) in [5.74, 6) is 0.341. The molecule has 4 rings (SSSR count). The fourth-order valence-electron chi connectivity index (χ4n) is 4.70. The van der Waals surface area contributed by atoms with Gasteiger partial charge in [-0.3, -0.25) is 0 Å². The van der Waals surface area contributed by atoms with Crippen LogP contribution in [-0.4, -0.2) is 69.0 Å². The van der Waals surface area contributed by atoms with Gasteiger partial charge in [0, 0.05) is 42.3 Å². The van der Waals surface area contributed by atoms with Crippen molar-refractivity contribution in [1.82, 2.24) is 19.8 Å². The molecule has 204 valence electrons. The summed E-state index contributed by atoms with van der Waals surface area (Å²) < 4.78 is 34.4. The van der Waals surface area contributed by atoms with Crippen LogP contribution < -0.4 is 15.4 Å². The number of halogens is 2. The van der Waals surface area contributed by atoms with E-state index in [-0.39, 0.29) is 47.1 Å². The van der Waals surface area contributed by atoms with Crippen LogP contribution in [-0.2, 0) is 10.0 Å². The van der Waals surface area contributed by atoms with Crippen molar-refractivity contribution in [3.63, 3.8) is 0 Å². The lowest BCUT2D eigenvalue weighted by Gasteiger charge is -2.32. The van der Waals surface area contributed by atoms with Crippen LogP contribution in [0.5, 0.6) is 11.5 Å². The predicted octanol–water partition coefficient (Wildman–Crippen LogP) is 4.60. The van der Waals surface area contributed by atoms with Gasteiger partial charge in [-0.25, -0.2) is 13.2 Å². The Hall–Kier alpha value is -2.55. The Morgan fingerprint density at radius 1 is 1.03 bits per heavy atom. The van der Waals surface area contributed by atoms with Crippen molar-refractivity contribution in [2.24, 2.45) is 0 Å². The highest BCUT2D eigenvalue weighted by Crippen LogP contribution is 2.35. The molecule has 2 fully saturated rings. The first-order valence-corrected chi connectivity index (χ1v) is 14.9. The molecule has 2 heterocycles. The SMILES string of the molecule is N#Cc1ccc(Oc2cc(Cl)cc(Cl)c2)c(S(=O)(=O)N2CCC(NC(=O)NCCN3CCCCC3)CC2)c1. The van der Waals surface area contributed by atoms with Gasteiger partial charge in [-0.2, -0.15) is 9.57 Å². The van der Waals surface area contributed by atoms with Crippen LogP contribution >= 0.6 is 23.2 Å². The fraction of sp³-hybridized carbons (Fsp3) is 0.462. The maximum Gasteiger partial charge on any atom is 0.315 e. The Morgan fingerprint density at radius 2 is 1.71 bits per heavy atom. The molecule has 2 aliphatic heterocycles. The molecule has 2 amide bonds. The largest absolute Gasteiger partial charge is 0.456 e. The van der Waals surface area contributed by atoms with Gasteiger partial charge in [0.05, 0.1) is 11.6 Å². The number of urea groups is 1. The molecule has 2 aliphatic rings. The third-order valence-electron chi connectivity index (χ3n) is 6.71. The van der Waals surface area contributed by atoms with Gasteiger partial charge in [0.15, 0.2) is 0 Å². The predicted molar refractivity (Wildman–Crippen MR) is 146 cm³/mol. The van der Waals surface area contributed by atoms with E-state index >= 15 is 0 Å². The molecule has 0 saturated carbocycles. The summed E-state index contributed by atoms with van der Waals surface area (Å²) >= 11 is 12.1. The molecular weight excluding hydrogens is 549 g/mol. The molecular formula is C26H31Cl2N5O4S. The number of nitrogens with one attached hydrogen (secondary N) is 2. The van der Waals surface area contributed by atoms with Crippen molar-refractivity contribution in [2.75, 3.05) is 39.3 Å². The summed E-state index contributed by atoms with van der Waals surface area (Å²) in [4.78, 5) is 14.6. The monoisotopic (exact) mass is 579 g/mol. The van der Waals surface area contributed by atoms with Crippen molar-refractivity contribution in [3.8, 4) is 17.6 Å². The standard InChI is InChI=1S/C26H31Cl2N5O4S/c27-20-15-21(28)17-23(16-20)37-24-5-4-19(18-29)14-25(24)38(35,36)33-11-6-22(7-12-33)31-26(34)30-8-13-32-9-2-1-3-10-32/h4-5,14-17,22H,1-3,6-13H2,(H2,30,31,34). The summed E-state index contributed by atoms with van der Waals surface area (Å²) in [5.41, 5.74) is 0.192. The zero-order valence-corrected chi connectivity index (χ0v) is 23.3. The smallest absolute Gasteiger partial charge is 0.315 e. The number of carbonyl (C=O) groups is 1. The van der Waals surface area contributed by atoms with E-state index in [1.165, 1.54) is 53.9 Å². The van der Waals surface area contributed by atoms with Crippen LogP contribution in [0.1, 0.15) is 37.7 Å². The molecule has 2 N–H and O–H groups in total. The zero-order chi connectivity index (χ0) is 27.1. The second-order valence-corrected chi connectivity index (χ2v) is 12.2. The molecule has 0 spiro atoms. The third-order valence-corrected chi connectivity index (χ3v) is 9.06. The van der Waals surface area contributed by atoms with Crippen molar-refractivity contribution in [2.45, 2.75) is 43.0 Å². The molecule has 38 heavy (non-hydrogen) atoms. The summed E-state index contributed by atoms with van der Waals surface area (Å²) in [6, 6.07) is 10.4. The molecule has 0 atom stereocenters. The van der Waals surface area contributed by atoms with E-state index < -0.39 is 10.0 Å². The number of ether oxygens (including phenoxy) is 1. The first-order chi connectivity index (χ1) is 18.2. The van der Waals surface area contributed by atoms with Gasteiger partial charge >= 0.3 is 6.03 Å².